The number of hydrogen-bond acceptors (Lipinski definition) is 3. The van der Waals surface area contributed by atoms with Crippen molar-refractivity contribution in [3.8, 4) is 5.75 Å². The van der Waals surface area contributed by atoms with Crippen LogP contribution in [0.2, 0.25) is 0 Å². The van der Waals surface area contributed by atoms with E-state index in [4.69, 9.17) is 4.74 Å². The van der Waals surface area contributed by atoms with Crippen LogP contribution < -0.4 is 10.1 Å². The molecule has 0 saturated heterocycles. The van der Waals surface area contributed by atoms with E-state index in [9.17, 15) is 5.11 Å². The van der Waals surface area contributed by atoms with Gasteiger partial charge in [0, 0.05) is 12.1 Å². The van der Waals surface area contributed by atoms with Gasteiger partial charge in [-0.2, -0.15) is 0 Å². The Morgan fingerprint density at radius 1 is 1.24 bits per heavy atom. The summed E-state index contributed by atoms with van der Waals surface area (Å²) in [5.41, 5.74) is 1.96. The van der Waals surface area contributed by atoms with Crippen LogP contribution in [-0.2, 0) is 0 Å². The molecule has 2 atom stereocenters. The zero-order valence-corrected chi connectivity index (χ0v) is 11.3. The van der Waals surface area contributed by atoms with Crippen molar-refractivity contribution in [2.45, 2.75) is 45.9 Å². The molecule has 17 heavy (non-hydrogen) atoms. The molecular weight excluding hydrogens is 214 g/mol. The third-order valence-corrected chi connectivity index (χ3v) is 2.83. The monoisotopic (exact) mass is 237 g/mol. The average molecular weight is 237 g/mol. The van der Waals surface area contributed by atoms with E-state index < -0.39 is 6.10 Å². The van der Waals surface area contributed by atoms with Crippen LogP contribution in [0.25, 0.3) is 0 Å². The zero-order valence-electron chi connectivity index (χ0n) is 11.3. The molecule has 1 rings (SSSR count). The lowest BCUT2D eigenvalue weighted by molar-refractivity contribution is 0.131. The third-order valence-electron chi connectivity index (χ3n) is 2.83. The molecule has 3 heteroatoms. The second kappa shape index (κ2) is 6.03. The van der Waals surface area contributed by atoms with E-state index in [1.807, 2.05) is 32.0 Å². The first-order chi connectivity index (χ1) is 7.95. The van der Waals surface area contributed by atoms with Crippen molar-refractivity contribution in [1.82, 2.24) is 5.32 Å². The zero-order chi connectivity index (χ0) is 13.0. The second-order valence-corrected chi connectivity index (χ2v) is 4.78. The summed E-state index contributed by atoms with van der Waals surface area (Å²) >= 11 is 0. The molecule has 2 unspecified atom stereocenters. The number of hydrogen-bond donors (Lipinski definition) is 2. The molecule has 1 aromatic rings. The van der Waals surface area contributed by atoms with E-state index in [1.165, 1.54) is 0 Å². The number of aryl methyl sites for hydroxylation is 1. The fraction of sp³-hybridized carbons (Fsp3) is 0.571. The maximum absolute atomic E-state index is 10.2. The van der Waals surface area contributed by atoms with Crippen molar-refractivity contribution in [2.75, 3.05) is 7.11 Å². The maximum atomic E-state index is 10.2. The number of benzene rings is 1. The minimum atomic E-state index is -0.498. The van der Waals surface area contributed by atoms with Crippen LogP contribution in [0.5, 0.6) is 5.75 Å². The summed E-state index contributed by atoms with van der Waals surface area (Å²) < 4.78 is 5.21. The molecule has 0 spiro atoms. The van der Waals surface area contributed by atoms with Gasteiger partial charge in [0.05, 0.1) is 13.2 Å². The fourth-order valence-electron chi connectivity index (χ4n) is 1.99. The van der Waals surface area contributed by atoms with Crippen molar-refractivity contribution >= 4 is 0 Å². The minimum absolute atomic E-state index is 0.0304. The lowest BCUT2D eigenvalue weighted by Gasteiger charge is -2.23. The molecule has 3 nitrogen and oxygen atoms in total. The van der Waals surface area contributed by atoms with Crippen LogP contribution >= 0.6 is 0 Å². The second-order valence-electron chi connectivity index (χ2n) is 4.78. The number of rotatable bonds is 5. The summed E-state index contributed by atoms with van der Waals surface area (Å²) in [6.07, 6.45) is -0.498. The third kappa shape index (κ3) is 3.72. The molecule has 96 valence electrons. The Bertz CT molecular complexity index is 363. The van der Waals surface area contributed by atoms with Crippen molar-refractivity contribution in [1.29, 1.82) is 0 Å². The quantitative estimate of drug-likeness (QED) is 0.826. The molecule has 0 aliphatic rings. The first-order valence-corrected chi connectivity index (χ1v) is 6.04. The summed E-state index contributed by atoms with van der Waals surface area (Å²) in [7, 11) is 1.65. The van der Waals surface area contributed by atoms with Gasteiger partial charge < -0.3 is 15.2 Å². The standard InChI is InChI=1S/C14H23NO2/c1-9(2)15-11(4)14(16)12-6-7-13(17-5)10(3)8-12/h6-9,11,14-16H,1-5H3. The topological polar surface area (TPSA) is 41.5 Å². The van der Waals surface area contributed by atoms with E-state index in [0.717, 1.165) is 16.9 Å². The Kier molecular flexibility index (Phi) is 4.97. The largest absolute Gasteiger partial charge is 0.496 e. The van der Waals surface area contributed by atoms with Crippen molar-refractivity contribution in [3.63, 3.8) is 0 Å². The van der Waals surface area contributed by atoms with Crippen LogP contribution in [0.15, 0.2) is 18.2 Å². The van der Waals surface area contributed by atoms with Gasteiger partial charge in [0.25, 0.3) is 0 Å². The number of aliphatic hydroxyl groups excluding tert-OH is 1. The number of nitrogens with one attached hydrogen (secondary N) is 1. The molecule has 0 fully saturated rings. The van der Waals surface area contributed by atoms with E-state index in [1.54, 1.807) is 7.11 Å². The molecular formula is C14H23NO2. The SMILES string of the molecule is COc1ccc(C(O)C(C)NC(C)C)cc1C. The molecule has 2 N–H and O–H groups in total. The highest BCUT2D eigenvalue weighted by molar-refractivity contribution is 5.37. The summed E-state index contributed by atoms with van der Waals surface area (Å²) in [5, 5.41) is 13.5. The number of methoxy groups -OCH3 is 1. The van der Waals surface area contributed by atoms with Gasteiger partial charge in [0.2, 0.25) is 0 Å². The summed E-state index contributed by atoms with van der Waals surface area (Å²) in [5.74, 6) is 0.852. The Morgan fingerprint density at radius 3 is 2.35 bits per heavy atom. The first-order valence-electron chi connectivity index (χ1n) is 6.04. The smallest absolute Gasteiger partial charge is 0.121 e. The van der Waals surface area contributed by atoms with Crippen LogP contribution in [0.1, 0.15) is 38.0 Å². The summed E-state index contributed by atoms with van der Waals surface area (Å²) in [4.78, 5) is 0. The Labute approximate surface area is 104 Å². The number of ether oxygens (including phenoxy) is 1. The van der Waals surface area contributed by atoms with Gasteiger partial charge >= 0.3 is 0 Å². The molecule has 0 aliphatic carbocycles. The highest BCUT2D eigenvalue weighted by Crippen LogP contribution is 2.24. The molecule has 0 amide bonds. The normalized spacial score (nSPS) is 14.8. The lowest BCUT2D eigenvalue weighted by atomic mass is 10.0. The van der Waals surface area contributed by atoms with Crippen LogP contribution in [-0.4, -0.2) is 24.3 Å². The minimum Gasteiger partial charge on any atom is -0.496 e. The molecule has 0 heterocycles. The predicted octanol–water partition coefficient (Wildman–Crippen LogP) is 2.42. The molecule has 0 aromatic heterocycles. The Hall–Kier alpha value is -1.06. The maximum Gasteiger partial charge on any atom is 0.121 e. The molecule has 0 aliphatic heterocycles. The van der Waals surface area contributed by atoms with E-state index >= 15 is 0 Å². The van der Waals surface area contributed by atoms with E-state index in [-0.39, 0.29) is 6.04 Å². The first kappa shape index (κ1) is 14.0. The van der Waals surface area contributed by atoms with Gasteiger partial charge in [-0.1, -0.05) is 19.9 Å². The molecule has 0 saturated carbocycles. The van der Waals surface area contributed by atoms with Crippen molar-refractivity contribution in [2.24, 2.45) is 0 Å². The Morgan fingerprint density at radius 2 is 1.88 bits per heavy atom. The summed E-state index contributed by atoms with van der Waals surface area (Å²) in [6, 6.07) is 6.18. The molecule has 1 aromatic carbocycles. The van der Waals surface area contributed by atoms with Gasteiger partial charge in [0.15, 0.2) is 0 Å². The van der Waals surface area contributed by atoms with Gasteiger partial charge in [-0.15, -0.1) is 0 Å². The van der Waals surface area contributed by atoms with Gasteiger partial charge in [-0.25, -0.2) is 0 Å². The molecule has 0 bridgehead atoms. The van der Waals surface area contributed by atoms with E-state index in [0.29, 0.717) is 6.04 Å². The molecule has 0 radical (unpaired) electrons. The fourth-order valence-corrected chi connectivity index (χ4v) is 1.99. The van der Waals surface area contributed by atoms with Gasteiger partial charge in [-0.3, -0.25) is 0 Å². The van der Waals surface area contributed by atoms with Crippen LogP contribution in [0.3, 0.4) is 0 Å². The van der Waals surface area contributed by atoms with Crippen LogP contribution in [0.4, 0.5) is 0 Å². The van der Waals surface area contributed by atoms with Crippen LogP contribution in [0, 0.1) is 6.92 Å². The highest BCUT2D eigenvalue weighted by atomic mass is 16.5. The number of aliphatic hydroxyl groups is 1. The van der Waals surface area contributed by atoms with Gasteiger partial charge in [-0.05, 0) is 37.1 Å². The summed E-state index contributed by atoms with van der Waals surface area (Å²) in [6.45, 7) is 8.12. The van der Waals surface area contributed by atoms with E-state index in [2.05, 4.69) is 19.2 Å². The van der Waals surface area contributed by atoms with Crippen molar-refractivity contribution in [3.05, 3.63) is 29.3 Å². The predicted molar refractivity (Wildman–Crippen MR) is 70.4 cm³/mol. The Balaban J connectivity index is 2.82. The lowest BCUT2D eigenvalue weighted by Crippen LogP contribution is -2.36. The average Bonchev–Trinajstić information content (AvgIpc) is 2.27. The van der Waals surface area contributed by atoms with Gasteiger partial charge in [0.1, 0.15) is 5.75 Å². The van der Waals surface area contributed by atoms with Crippen molar-refractivity contribution < 1.29 is 9.84 Å². The highest BCUT2D eigenvalue weighted by Gasteiger charge is 2.17.